The monoisotopic (exact) mass is 246 g/mol. The molecule has 0 aromatic heterocycles. The number of aliphatic hydroxyl groups is 1. The van der Waals surface area contributed by atoms with Gasteiger partial charge in [-0.2, -0.15) is 0 Å². The fraction of sp³-hybridized carbons (Fsp3) is 0.800. The molecule has 1 aliphatic heterocycles. The predicted octanol–water partition coefficient (Wildman–Crippen LogP) is -1.68. The van der Waals surface area contributed by atoms with Crippen molar-refractivity contribution < 1.29 is 24.5 Å². The second kappa shape index (κ2) is 6.53. The molecule has 0 radical (unpaired) electrons. The Bertz CT molecular complexity index is 284. The third-order valence-electron chi connectivity index (χ3n) is 2.77. The summed E-state index contributed by atoms with van der Waals surface area (Å²) < 4.78 is 5.09. The molecule has 3 atom stereocenters. The molecule has 2 unspecified atom stereocenters. The number of carboxylic acids is 1. The number of methoxy groups -OCH3 is 1. The molecule has 1 heterocycles. The Hall–Kier alpha value is -1.18. The van der Waals surface area contributed by atoms with E-state index in [1.54, 1.807) is 7.11 Å². The van der Waals surface area contributed by atoms with E-state index in [1.807, 2.05) is 0 Å². The van der Waals surface area contributed by atoms with Crippen LogP contribution in [0.5, 0.6) is 0 Å². The molecule has 7 nitrogen and oxygen atoms in total. The molecule has 0 bridgehead atoms. The van der Waals surface area contributed by atoms with Gasteiger partial charge < -0.3 is 25.6 Å². The first-order valence-corrected chi connectivity index (χ1v) is 5.48. The van der Waals surface area contributed by atoms with Gasteiger partial charge in [-0.15, -0.1) is 0 Å². The molecule has 0 spiro atoms. The topological polar surface area (TPSA) is 108 Å². The first-order chi connectivity index (χ1) is 8.08. The largest absolute Gasteiger partial charge is 0.480 e. The van der Waals surface area contributed by atoms with Crippen LogP contribution in [-0.2, 0) is 14.3 Å². The van der Waals surface area contributed by atoms with Crippen LogP contribution in [0.4, 0.5) is 0 Å². The van der Waals surface area contributed by atoms with E-state index in [1.165, 1.54) is 0 Å². The maximum Gasteiger partial charge on any atom is 0.326 e. The van der Waals surface area contributed by atoms with E-state index in [9.17, 15) is 9.59 Å². The highest BCUT2D eigenvalue weighted by Gasteiger charge is 2.31. The Labute approximate surface area is 99.1 Å². The smallest absolute Gasteiger partial charge is 0.326 e. The molecular formula is C10H18N2O5. The number of aliphatic carboxylic acids is 1. The lowest BCUT2D eigenvalue weighted by Gasteiger charge is -2.16. The van der Waals surface area contributed by atoms with Crippen LogP contribution in [0.3, 0.4) is 0 Å². The lowest BCUT2D eigenvalue weighted by molar-refractivity contribution is -0.142. The maximum atomic E-state index is 11.7. The molecule has 0 aromatic carbocycles. The van der Waals surface area contributed by atoms with Gasteiger partial charge in [-0.3, -0.25) is 4.79 Å². The van der Waals surface area contributed by atoms with Crippen molar-refractivity contribution in [3.63, 3.8) is 0 Å². The standard InChI is InChI=1S/C10H18N2O5/c1-17-6-4-8(11-5-6)9(14)12-7(2-3-13)10(15)16/h6-8,11,13H,2-5H2,1H3,(H,12,14)(H,15,16)/t6?,7-,8?/m0/s1. The molecule has 17 heavy (non-hydrogen) atoms. The average Bonchev–Trinajstić information content (AvgIpc) is 2.76. The highest BCUT2D eigenvalue weighted by molar-refractivity contribution is 5.87. The van der Waals surface area contributed by atoms with Gasteiger partial charge in [-0.1, -0.05) is 0 Å². The SMILES string of the molecule is COC1CNC(C(=O)N[C@@H](CCO)C(=O)O)C1. The molecule has 1 rings (SSSR count). The second-order valence-corrected chi connectivity index (χ2v) is 3.97. The molecule has 1 aliphatic rings. The minimum Gasteiger partial charge on any atom is -0.480 e. The Morgan fingerprint density at radius 2 is 2.29 bits per heavy atom. The number of amides is 1. The molecule has 4 N–H and O–H groups in total. The molecule has 7 heteroatoms. The van der Waals surface area contributed by atoms with Crippen molar-refractivity contribution in [2.45, 2.75) is 31.0 Å². The van der Waals surface area contributed by atoms with E-state index >= 15 is 0 Å². The first-order valence-electron chi connectivity index (χ1n) is 5.48. The Balaban J connectivity index is 2.45. The summed E-state index contributed by atoms with van der Waals surface area (Å²) in [6.07, 6.45) is 0.502. The third-order valence-corrected chi connectivity index (χ3v) is 2.77. The lowest BCUT2D eigenvalue weighted by atomic mass is 10.1. The summed E-state index contributed by atoms with van der Waals surface area (Å²) in [5.41, 5.74) is 0. The molecule has 1 saturated heterocycles. The summed E-state index contributed by atoms with van der Waals surface area (Å²) in [7, 11) is 1.57. The van der Waals surface area contributed by atoms with E-state index < -0.39 is 18.1 Å². The summed E-state index contributed by atoms with van der Waals surface area (Å²) in [6, 6.07) is -1.48. The summed E-state index contributed by atoms with van der Waals surface area (Å²) >= 11 is 0. The third kappa shape index (κ3) is 3.95. The highest BCUT2D eigenvalue weighted by atomic mass is 16.5. The minimum atomic E-state index is -1.14. The number of nitrogens with one attached hydrogen (secondary N) is 2. The van der Waals surface area contributed by atoms with Crippen LogP contribution in [-0.4, -0.2) is 60.5 Å². The Morgan fingerprint density at radius 3 is 2.76 bits per heavy atom. The van der Waals surface area contributed by atoms with Gasteiger partial charge >= 0.3 is 5.97 Å². The van der Waals surface area contributed by atoms with Crippen LogP contribution in [0.2, 0.25) is 0 Å². The summed E-state index contributed by atoms with van der Waals surface area (Å²) in [6.45, 7) is 0.294. The van der Waals surface area contributed by atoms with Gasteiger partial charge in [0.1, 0.15) is 6.04 Å². The zero-order valence-corrected chi connectivity index (χ0v) is 9.68. The summed E-state index contributed by atoms with van der Waals surface area (Å²) in [4.78, 5) is 22.5. The highest BCUT2D eigenvalue weighted by Crippen LogP contribution is 2.09. The van der Waals surface area contributed by atoms with Gasteiger partial charge in [0.05, 0.1) is 12.1 Å². The number of aliphatic hydroxyl groups excluding tert-OH is 1. The molecule has 1 amide bonds. The number of hydrogen-bond acceptors (Lipinski definition) is 5. The van der Waals surface area contributed by atoms with Crippen LogP contribution >= 0.6 is 0 Å². The summed E-state index contributed by atoms with van der Waals surface area (Å²) in [5.74, 6) is -1.51. The number of hydrogen-bond donors (Lipinski definition) is 4. The number of carbonyl (C=O) groups is 2. The predicted molar refractivity (Wildman–Crippen MR) is 58.5 cm³/mol. The van der Waals surface area contributed by atoms with Crippen LogP contribution in [0.25, 0.3) is 0 Å². The molecule has 1 fully saturated rings. The molecular weight excluding hydrogens is 228 g/mol. The van der Waals surface area contributed by atoms with Gasteiger partial charge in [-0.05, 0) is 6.42 Å². The van der Waals surface area contributed by atoms with Gasteiger partial charge in [-0.25, -0.2) is 4.79 Å². The van der Waals surface area contributed by atoms with Crippen LogP contribution in [0.1, 0.15) is 12.8 Å². The van der Waals surface area contributed by atoms with Gasteiger partial charge in [0.25, 0.3) is 0 Å². The van der Waals surface area contributed by atoms with Crippen molar-refractivity contribution in [2.75, 3.05) is 20.3 Å². The van der Waals surface area contributed by atoms with Gasteiger partial charge in [0.15, 0.2) is 0 Å². The Morgan fingerprint density at radius 1 is 1.59 bits per heavy atom. The minimum absolute atomic E-state index is 0.00149. The molecule has 0 aromatic rings. The van der Waals surface area contributed by atoms with Crippen LogP contribution in [0.15, 0.2) is 0 Å². The summed E-state index contributed by atoms with van der Waals surface area (Å²) in [5, 5.41) is 22.9. The number of rotatable bonds is 6. The molecule has 0 saturated carbocycles. The lowest BCUT2D eigenvalue weighted by Crippen LogP contribution is -2.48. The zero-order valence-electron chi connectivity index (χ0n) is 9.68. The number of ether oxygens (including phenoxy) is 1. The number of carbonyl (C=O) groups excluding carboxylic acids is 1. The second-order valence-electron chi connectivity index (χ2n) is 3.97. The fourth-order valence-electron chi connectivity index (χ4n) is 1.74. The fourth-order valence-corrected chi connectivity index (χ4v) is 1.74. The van der Waals surface area contributed by atoms with Gasteiger partial charge in [0, 0.05) is 26.7 Å². The van der Waals surface area contributed by atoms with E-state index in [2.05, 4.69) is 10.6 Å². The average molecular weight is 246 g/mol. The van der Waals surface area contributed by atoms with Crippen molar-refractivity contribution in [1.82, 2.24) is 10.6 Å². The van der Waals surface area contributed by atoms with Crippen molar-refractivity contribution in [3.05, 3.63) is 0 Å². The van der Waals surface area contributed by atoms with E-state index in [0.29, 0.717) is 13.0 Å². The van der Waals surface area contributed by atoms with Gasteiger partial charge in [0.2, 0.25) is 5.91 Å². The maximum absolute atomic E-state index is 11.7. The van der Waals surface area contributed by atoms with Crippen molar-refractivity contribution in [3.8, 4) is 0 Å². The molecule has 0 aliphatic carbocycles. The van der Waals surface area contributed by atoms with Crippen molar-refractivity contribution >= 4 is 11.9 Å². The van der Waals surface area contributed by atoms with Crippen LogP contribution < -0.4 is 10.6 Å². The Kier molecular flexibility index (Phi) is 5.33. The quantitative estimate of drug-likeness (QED) is 0.445. The van der Waals surface area contributed by atoms with E-state index in [-0.39, 0.29) is 25.0 Å². The van der Waals surface area contributed by atoms with Crippen molar-refractivity contribution in [1.29, 1.82) is 0 Å². The molecule has 98 valence electrons. The van der Waals surface area contributed by atoms with Crippen molar-refractivity contribution in [2.24, 2.45) is 0 Å². The number of carboxylic acid groups (broad SMARTS) is 1. The zero-order chi connectivity index (χ0) is 12.8. The van der Waals surface area contributed by atoms with E-state index in [0.717, 1.165) is 0 Å². The first kappa shape index (κ1) is 13.9. The van der Waals surface area contributed by atoms with Crippen LogP contribution in [0, 0.1) is 0 Å². The normalized spacial score (nSPS) is 25.5. The van der Waals surface area contributed by atoms with E-state index in [4.69, 9.17) is 14.9 Å².